The highest BCUT2D eigenvalue weighted by atomic mass is 19.1. The van der Waals surface area contributed by atoms with Crippen LogP contribution in [0.2, 0.25) is 0 Å². The number of halogens is 1. The van der Waals surface area contributed by atoms with Crippen molar-refractivity contribution in [2.75, 3.05) is 19.8 Å². The van der Waals surface area contributed by atoms with Gasteiger partial charge in [-0.2, -0.15) is 5.26 Å². The topological polar surface area (TPSA) is 77.9 Å². The highest BCUT2D eigenvalue weighted by Gasteiger charge is 2.36. The number of nitriles is 1. The van der Waals surface area contributed by atoms with Crippen molar-refractivity contribution in [3.05, 3.63) is 47.4 Å². The molecule has 0 aliphatic carbocycles. The van der Waals surface area contributed by atoms with E-state index in [9.17, 15) is 4.39 Å². The van der Waals surface area contributed by atoms with E-state index < -0.39 is 5.82 Å². The predicted molar refractivity (Wildman–Crippen MR) is 92.6 cm³/mol. The molecule has 2 unspecified atom stereocenters. The Kier molecular flexibility index (Phi) is 5.02. The maximum absolute atomic E-state index is 14.1. The molecule has 2 aliphatic rings. The Morgan fingerprint density at radius 2 is 2.24 bits per heavy atom. The van der Waals surface area contributed by atoms with Gasteiger partial charge in [0.05, 0.1) is 30.9 Å². The second kappa shape index (κ2) is 7.21. The Balaban J connectivity index is 1.97. The largest absolute Gasteiger partial charge is 0.378 e. The molecule has 25 heavy (non-hydrogen) atoms. The van der Waals surface area contributed by atoms with E-state index in [0.717, 1.165) is 5.56 Å². The van der Waals surface area contributed by atoms with Gasteiger partial charge in [0.2, 0.25) is 5.96 Å². The van der Waals surface area contributed by atoms with Gasteiger partial charge in [-0.3, -0.25) is 5.01 Å². The van der Waals surface area contributed by atoms with Gasteiger partial charge in [-0.25, -0.2) is 14.4 Å². The van der Waals surface area contributed by atoms with Gasteiger partial charge in [0.1, 0.15) is 11.9 Å². The molecule has 2 atom stereocenters. The van der Waals surface area contributed by atoms with Crippen molar-refractivity contribution in [3.8, 4) is 6.07 Å². The van der Waals surface area contributed by atoms with Crippen LogP contribution in [0.15, 0.2) is 35.5 Å². The summed E-state index contributed by atoms with van der Waals surface area (Å²) >= 11 is 0. The molecule has 6 nitrogen and oxygen atoms in total. The number of nitrogens with two attached hydrogens (primary N) is 1. The number of hydrogen-bond acceptors (Lipinski definition) is 6. The predicted octanol–water partition coefficient (Wildman–Crippen LogP) is 2.15. The van der Waals surface area contributed by atoms with Crippen molar-refractivity contribution < 1.29 is 9.13 Å². The Morgan fingerprint density at radius 1 is 1.44 bits per heavy atom. The Hall–Kier alpha value is -2.43. The first-order valence-electron chi connectivity index (χ1n) is 8.36. The normalized spacial score (nSPS) is 24.3. The summed E-state index contributed by atoms with van der Waals surface area (Å²) < 4.78 is 19.7. The van der Waals surface area contributed by atoms with E-state index in [-0.39, 0.29) is 17.6 Å². The molecule has 1 fully saturated rings. The Labute approximate surface area is 147 Å². The minimum absolute atomic E-state index is 0.0307. The summed E-state index contributed by atoms with van der Waals surface area (Å²) in [6, 6.07) is 6.37. The lowest BCUT2D eigenvalue weighted by Gasteiger charge is -2.48. The van der Waals surface area contributed by atoms with Gasteiger partial charge < -0.3 is 10.5 Å². The first-order valence-corrected chi connectivity index (χ1v) is 8.36. The van der Waals surface area contributed by atoms with Gasteiger partial charge in [0.25, 0.3) is 0 Å². The van der Waals surface area contributed by atoms with Gasteiger partial charge >= 0.3 is 0 Å². The van der Waals surface area contributed by atoms with Crippen LogP contribution in [-0.4, -0.2) is 41.8 Å². The molecule has 132 valence electrons. The third-order valence-electron chi connectivity index (χ3n) is 4.61. The lowest BCUT2D eigenvalue weighted by molar-refractivity contribution is -0.118. The molecule has 0 amide bonds. The van der Waals surface area contributed by atoms with Crippen LogP contribution in [-0.2, 0) is 4.74 Å². The van der Waals surface area contributed by atoms with Crippen LogP contribution >= 0.6 is 0 Å². The fraction of sp³-hybridized carbons (Fsp3) is 0.444. The van der Waals surface area contributed by atoms with Crippen molar-refractivity contribution in [1.82, 2.24) is 10.0 Å². The van der Waals surface area contributed by atoms with E-state index in [1.807, 2.05) is 17.2 Å². The van der Waals surface area contributed by atoms with Crippen LogP contribution < -0.4 is 5.73 Å². The second-order valence-electron chi connectivity index (χ2n) is 6.52. The SMILES string of the molecule is CC(C)C1COCCN1N1C(N)=NC=CC1c1ccc(C#N)c(F)c1. The fourth-order valence-corrected chi connectivity index (χ4v) is 3.25. The molecule has 2 aliphatic heterocycles. The smallest absolute Gasteiger partial charge is 0.211 e. The summed E-state index contributed by atoms with van der Waals surface area (Å²) in [6.45, 7) is 6.17. The van der Waals surface area contributed by atoms with Gasteiger partial charge in [-0.1, -0.05) is 19.9 Å². The quantitative estimate of drug-likeness (QED) is 0.910. The zero-order chi connectivity index (χ0) is 18.0. The van der Waals surface area contributed by atoms with Crippen LogP contribution in [0.3, 0.4) is 0 Å². The number of hydrazine groups is 1. The number of morpholine rings is 1. The number of ether oxygens (including phenoxy) is 1. The van der Waals surface area contributed by atoms with Crippen molar-refractivity contribution >= 4 is 5.96 Å². The first kappa shape index (κ1) is 17.4. The van der Waals surface area contributed by atoms with E-state index in [1.165, 1.54) is 12.1 Å². The van der Waals surface area contributed by atoms with E-state index in [0.29, 0.717) is 31.6 Å². The molecule has 3 rings (SSSR count). The molecule has 0 bridgehead atoms. The van der Waals surface area contributed by atoms with Crippen molar-refractivity contribution in [3.63, 3.8) is 0 Å². The third-order valence-corrected chi connectivity index (χ3v) is 4.61. The summed E-state index contributed by atoms with van der Waals surface area (Å²) in [4.78, 5) is 4.22. The summed E-state index contributed by atoms with van der Waals surface area (Å²) in [5, 5.41) is 13.0. The minimum atomic E-state index is -0.531. The highest BCUT2D eigenvalue weighted by Crippen LogP contribution is 2.31. The van der Waals surface area contributed by atoms with Crippen molar-refractivity contribution in [2.24, 2.45) is 16.6 Å². The van der Waals surface area contributed by atoms with E-state index in [1.54, 1.807) is 12.3 Å². The molecule has 2 N–H and O–H groups in total. The number of aliphatic imine (C=N–C) groups is 1. The molecule has 0 radical (unpaired) electrons. The molecule has 1 aromatic rings. The van der Waals surface area contributed by atoms with Crippen LogP contribution in [0.25, 0.3) is 0 Å². The molecule has 0 saturated carbocycles. The van der Waals surface area contributed by atoms with Gasteiger partial charge in [-0.05, 0) is 29.7 Å². The van der Waals surface area contributed by atoms with Crippen LogP contribution in [0.1, 0.15) is 31.0 Å². The second-order valence-corrected chi connectivity index (χ2v) is 6.52. The van der Waals surface area contributed by atoms with Crippen molar-refractivity contribution in [2.45, 2.75) is 25.9 Å². The number of nitrogens with zero attached hydrogens (tertiary/aromatic N) is 4. The fourth-order valence-electron chi connectivity index (χ4n) is 3.25. The summed E-state index contributed by atoms with van der Waals surface area (Å²) in [7, 11) is 0. The lowest BCUT2D eigenvalue weighted by atomic mass is 10.0. The number of benzene rings is 1. The van der Waals surface area contributed by atoms with Gasteiger partial charge in [0, 0.05) is 12.7 Å². The summed E-state index contributed by atoms with van der Waals surface area (Å²) in [5.41, 5.74) is 6.94. The maximum Gasteiger partial charge on any atom is 0.211 e. The summed E-state index contributed by atoms with van der Waals surface area (Å²) in [6.07, 6.45) is 3.52. The Morgan fingerprint density at radius 3 is 2.92 bits per heavy atom. The molecule has 1 aromatic carbocycles. The standard InChI is InChI=1S/C18H22FN5O/c1-12(2)17-11-25-8-7-23(17)24-16(5-6-22-18(24)21)13-3-4-14(10-20)15(19)9-13/h3-6,9,12,16-17H,7-8,11H2,1-2H3,(H2,21,22). The number of hydrogen-bond donors (Lipinski definition) is 1. The molecule has 0 aromatic heterocycles. The molecule has 7 heteroatoms. The number of guanidine groups is 1. The zero-order valence-corrected chi connectivity index (χ0v) is 14.4. The lowest BCUT2D eigenvalue weighted by Crippen LogP contribution is -2.61. The molecular formula is C18H22FN5O. The van der Waals surface area contributed by atoms with E-state index >= 15 is 0 Å². The first-order chi connectivity index (χ1) is 12.0. The maximum atomic E-state index is 14.1. The Bertz CT molecular complexity index is 739. The number of rotatable bonds is 3. The highest BCUT2D eigenvalue weighted by molar-refractivity contribution is 5.80. The van der Waals surface area contributed by atoms with Crippen LogP contribution in [0.4, 0.5) is 4.39 Å². The average molecular weight is 343 g/mol. The monoisotopic (exact) mass is 343 g/mol. The molecular weight excluding hydrogens is 321 g/mol. The zero-order valence-electron chi connectivity index (χ0n) is 14.4. The molecule has 2 heterocycles. The molecule has 0 spiro atoms. The summed E-state index contributed by atoms with van der Waals surface area (Å²) in [5.74, 6) is 0.194. The molecule has 1 saturated heterocycles. The minimum Gasteiger partial charge on any atom is -0.378 e. The van der Waals surface area contributed by atoms with Gasteiger partial charge in [0.15, 0.2) is 0 Å². The van der Waals surface area contributed by atoms with Crippen LogP contribution in [0, 0.1) is 23.1 Å². The third kappa shape index (κ3) is 3.36. The van der Waals surface area contributed by atoms with E-state index in [2.05, 4.69) is 23.8 Å². The average Bonchev–Trinajstić information content (AvgIpc) is 2.61. The van der Waals surface area contributed by atoms with Crippen molar-refractivity contribution in [1.29, 1.82) is 5.26 Å². The van der Waals surface area contributed by atoms with E-state index in [4.69, 9.17) is 15.7 Å². The van der Waals surface area contributed by atoms with Crippen LogP contribution in [0.5, 0.6) is 0 Å². The van der Waals surface area contributed by atoms with Gasteiger partial charge in [-0.15, -0.1) is 0 Å².